The van der Waals surface area contributed by atoms with Crippen LogP contribution in [0.1, 0.15) is 51.4 Å². The maximum absolute atomic E-state index is 11.0. The fraction of sp³-hybridized carbons (Fsp3) is 0.400. The molecule has 1 aliphatic carbocycles. The summed E-state index contributed by atoms with van der Waals surface area (Å²) in [7, 11) is 0. The predicted molar refractivity (Wildman–Crippen MR) is 125 cm³/mol. The summed E-state index contributed by atoms with van der Waals surface area (Å²) in [6, 6.07) is 12.0. The number of benzene rings is 1. The standard InChI is InChI=1S/C25H29ClO3S/c1-2-3-6-17-7-4-8-18(15-17)11-13-21-20(22(26)16-23(21)27)10-5-9-19-12-14-24(30-19)25(28)29/h2,4,7-8,11-15,20-23,27H,1,3,5-6,9-10,16H2,(H,28,29)/b13-11+/t20-,21-,22-,23-/m1/s1. The van der Waals surface area contributed by atoms with Crippen LogP contribution in [0.2, 0.25) is 0 Å². The van der Waals surface area contributed by atoms with Gasteiger partial charge < -0.3 is 10.2 Å². The van der Waals surface area contributed by atoms with Gasteiger partial charge in [-0.15, -0.1) is 29.5 Å². The zero-order chi connectivity index (χ0) is 21.5. The molecule has 1 heterocycles. The molecule has 1 aromatic carbocycles. The number of hydrogen-bond donors (Lipinski definition) is 2. The van der Waals surface area contributed by atoms with Crippen molar-refractivity contribution in [1.82, 2.24) is 0 Å². The number of carboxylic acid groups (broad SMARTS) is 1. The first kappa shape index (κ1) is 22.8. The number of halogens is 1. The van der Waals surface area contributed by atoms with Crippen LogP contribution in [0.25, 0.3) is 6.08 Å². The number of carbonyl (C=O) groups is 1. The Bertz CT molecular complexity index is 888. The van der Waals surface area contributed by atoms with Crippen molar-refractivity contribution in [3.05, 3.63) is 76.0 Å². The van der Waals surface area contributed by atoms with Crippen LogP contribution < -0.4 is 0 Å². The van der Waals surface area contributed by atoms with E-state index in [4.69, 9.17) is 16.7 Å². The van der Waals surface area contributed by atoms with Gasteiger partial charge in [-0.1, -0.05) is 42.5 Å². The number of rotatable bonds is 10. The highest BCUT2D eigenvalue weighted by atomic mass is 35.5. The summed E-state index contributed by atoms with van der Waals surface area (Å²) >= 11 is 7.92. The van der Waals surface area contributed by atoms with Gasteiger partial charge in [-0.05, 0) is 67.7 Å². The molecule has 0 unspecified atom stereocenters. The first-order valence-electron chi connectivity index (χ1n) is 10.5. The van der Waals surface area contributed by atoms with Crippen LogP contribution in [0, 0.1) is 11.8 Å². The van der Waals surface area contributed by atoms with E-state index in [2.05, 4.69) is 43.0 Å². The molecule has 0 aliphatic heterocycles. The highest BCUT2D eigenvalue weighted by Gasteiger charge is 2.39. The number of aryl methyl sites for hydroxylation is 2. The second kappa shape index (κ2) is 10.9. The lowest BCUT2D eigenvalue weighted by atomic mass is 9.89. The van der Waals surface area contributed by atoms with Gasteiger partial charge in [-0.25, -0.2) is 4.79 Å². The lowest BCUT2D eigenvalue weighted by Gasteiger charge is -2.20. The Balaban J connectivity index is 1.60. The van der Waals surface area contributed by atoms with E-state index >= 15 is 0 Å². The van der Waals surface area contributed by atoms with Crippen molar-refractivity contribution in [2.45, 2.75) is 50.0 Å². The minimum Gasteiger partial charge on any atom is -0.477 e. The van der Waals surface area contributed by atoms with Crippen molar-refractivity contribution >= 4 is 35.0 Å². The fourth-order valence-electron chi connectivity index (χ4n) is 4.22. The van der Waals surface area contributed by atoms with E-state index in [0.29, 0.717) is 11.3 Å². The number of hydrogen-bond acceptors (Lipinski definition) is 3. The molecule has 0 bridgehead atoms. The molecule has 0 radical (unpaired) electrons. The third-order valence-corrected chi connectivity index (χ3v) is 7.44. The molecular weight excluding hydrogens is 416 g/mol. The summed E-state index contributed by atoms with van der Waals surface area (Å²) in [6.07, 6.45) is 11.0. The van der Waals surface area contributed by atoms with Gasteiger partial charge in [-0.2, -0.15) is 0 Å². The third-order valence-electron chi connectivity index (χ3n) is 5.80. The number of alkyl halides is 1. The first-order chi connectivity index (χ1) is 14.5. The minimum absolute atomic E-state index is 0.0357. The van der Waals surface area contributed by atoms with Crippen LogP contribution in [0.5, 0.6) is 0 Å². The van der Waals surface area contributed by atoms with Gasteiger partial charge in [0.1, 0.15) is 4.88 Å². The smallest absolute Gasteiger partial charge is 0.345 e. The van der Waals surface area contributed by atoms with Crippen molar-refractivity contribution < 1.29 is 15.0 Å². The SMILES string of the molecule is C=CCCc1cccc(/C=C/[C@@H]2[C@@H](CCCc3ccc(C(=O)O)s3)[C@H](Cl)C[C@H]2O)c1. The molecule has 0 amide bonds. The van der Waals surface area contributed by atoms with Crippen LogP contribution in [-0.2, 0) is 12.8 Å². The zero-order valence-corrected chi connectivity index (χ0v) is 18.6. The normalized spacial score (nSPS) is 23.8. The summed E-state index contributed by atoms with van der Waals surface area (Å²) in [5, 5.41) is 19.6. The topological polar surface area (TPSA) is 57.5 Å². The predicted octanol–water partition coefficient (Wildman–Crippen LogP) is 6.21. The number of aliphatic hydroxyl groups excluding tert-OH is 1. The van der Waals surface area contributed by atoms with Crippen LogP contribution in [0.15, 0.2) is 55.1 Å². The Kier molecular flexibility index (Phi) is 8.32. The summed E-state index contributed by atoms with van der Waals surface area (Å²) in [5.74, 6) is -0.604. The molecule has 30 heavy (non-hydrogen) atoms. The quantitative estimate of drug-likeness (QED) is 0.338. The Labute approximate surface area is 187 Å². The Morgan fingerprint density at radius 2 is 2.10 bits per heavy atom. The van der Waals surface area contributed by atoms with E-state index in [-0.39, 0.29) is 17.2 Å². The molecule has 0 saturated heterocycles. The van der Waals surface area contributed by atoms with Gasteiger partial charge in [0.15, 0.2) is 0 Å². The molecule has 1 fully saturated rings. The Morgan fingerprint density at radius 1 is 1.27 bits per heavy atom. The second-order valence-electron chi connectivity index (χ2n) is 7.96. The van der Waals surface area contributed by atoms with Crippen molar-refractivity contribution in [3.63, 3.8) is 0 Å². The highest BCUT2D eigenvalue weighted by Crippen LogP contribution is 2.40. The van der Waals surface area contributed by atoms with E-state index in [1.807, 2.05) is 12.1 Å². The van der Waals surface area contributed by atoms with E-state index in [1.54, 1.807) is 6.07 Å². The molecule has 0 spiro atoms. The number of allylic oxidation sites excluding steroid dienone is 1. The van der Waals surface area contributed by atoms with E-state index < -0.39 is 12.1 Å². The molecule has 3 nitrogen and oxygen atoms in total. The van der Waals surface area contributed by atoms with E-state index in [9.17, 15) is 9.90 Å². The minimum atomic E-state index is -0.871. The van der Waals surface area contributed by atoms with Crippen molar-refractivity contribution in [2.24, 2.45) is 11.8 Å². The molecule has 1 saturated carbocycles. The molecule has 1 aliphatic rings. The molecular formula is C25H29ClO3S. The molecule has 2 N–H and O–H groups in total. The molecule has 3 rings (SSSR count). The number of aliphatic hydroxyl groups is 1. The zero-order valence-electron chi connectivity index (χ0n) is 17.0. The molecule has 160 valence electrons. The fourth-order valence-corrected chi connectivity index (χ4v) is 5.58. The summed E-state index contributed by atoms with van der Waals surface area (Å²) < 4.78 is 0. The third kappa shape index (κ3) is 6.07. The summed E-state index contributed by atoms with van der Waals surface area (Å²) in [5.41, 5.74) is 2.42. The Hall–Kier alpha value is -1.88. The Morgan fingerprint density at radius 3 is 2.83 bits per heavy atom. The molecule has 5 heteroatoms. The monoisotopic (exact) mass is 444 g/mol. The van der Waals surface area contributed by atoms with E-state index in [0.717, 1.165) is 42.5 Å². The van der Waals surface area contributed by atoms with Crippen LogP contribution >= 0.6 is 22.9 Å². The van der Waals surface area contributed by atoms with Gasteiger partial charge in [0.2, 0.25) is 0 Å². The van der Waals surface area contributed by atoms with Crippen LogP contribution in [-0.4, -0.2) is 27.7 Å². The largest absolute Gasteiger partial charge is 0.477 e. The lowest BCUT2D eigenvalue weighted by Crippen LogP contribution is -2.18. The number of thiophene rings is 1. The van der Waals surface area contributed by atoms with Crippen LogP contribution in [0.3, 0.4) is 0 Å². The average molecular weight is 445 g/mol. The van der Waals surface area contributed by atoms with Crippen molar-refractivity contribution in [1.29, 1.82) is 0 Å². The van der Waals surface area contributed by atoms with E-state index in [1.165, 1.54) is 16.9 Å². The maximum Gasteiger partial charge on any atom is 0.345 e. The number of aromatic carboxylic acids is 1. The average Bonchev–Trinajstić information content (AvgIpc) is 3.30. The lowest BCUT2D eigenvalue weighted by molar-refractivity contribution is 0.0702. The van der Waals surface area contributed by atoms with Gasteiger partial charge in [-0.3, -0.25) is 0 Å². The summed E-state index contributed by atoms with van der Waals surface area (Å²) in [4.78, 5) is 12.5. The van der Waals surface area contributed by atoms with Gasteiger partial charge >= 0.3 is 5.97 Å². The van der Waals surface area contributed by atoms with Gasteiger partial charge in [0.05, 0.1) is 6.10 Å². The molecule has 1 aromatic heterocycles. The van der Waals surface area contributed by atoms with Crippen molar-refractivity contribution in [3.8, 4) is 0 Å². The highest BCUT2D eigenvalue weighted by molar-refractivity contribution is 7.13. The van der Waals surface area contributed by atoms with Gasteiger partial charge in [0.25, 0.3) is 0 Å². The second-order valence-corrected chi connectivity index (χ2v) is 9.68. The number of carboxylic acids is 1. The molecule has 4 atom stereocenters. The molecule has 2 aromatic rings. The van der Waals surface area contributed by atoms with Crippen molar-refractivity contribution in [2.75, 3.05) is 0 Å². The van der Waals surface area contributed by atoms with Gasteiger partial charge in [0, 0.05) is 16.2 Å². The maximum atomic E-state index is 11.0. The first-order valence-corrected chi connectivity index (χ1v) is 11.8. The summed E-state index contributed by atoms with van der Waals surface area (Å²) in [6.45, 7) is 3.78. The van der Waals surface area contributed by atoms with Crippen LogP contribution in [0.4, 0.5) is 0 Å².